The van der Waals surface area contributed by atoms with E-state index in [0.717, 1.165) is 50.1 Å². The lowest BCUT2D eigenvalue weighted by molar-refractivity contribution is 0.670. The van der Waals surface area contributed by atoms with E-state index in [-0.39, 0.29) is 0 Å². The van der Waals surface area contributed by atoms with Crippen molar-refractivity contribution in [1.82, 2.24) is 0 Å². The smallest absolute Gasteiger partial charge is 0.159 e. The number of hydrogen-bond acceptors (Lipinski definition) is 3. The monoisotopic (exact) mass is 769 g/mol. The molecule has 2 heterocycles. The summed E-state index contributed by atoms with van der Waals surface area (Å²) in [5.74, 6) is 0. The number of hydrogen-bond donors (Lipinski definition) is 0. The van der Waals surface area contributed by atoms with E-state index in [2.05, 4.69) is 217 Å². The summed E-state index contributed by atoms with van der Waals surface area (Å²) in [5, 5.41) is 9.89. The Morgan fingerprint density at radius 1 is 0.322 bits per heavy atom. The van der Waals surface area contributed by atoms with E-state index in [1.807, 2.05) is 11.3 Å². The molecule has 0 radical (unpaired) electrons. The van der Waals surface area contributed by atoms with E-state index in [1.54, 1.807) is 0 Å². The van der Waals surface area contributed by atoms with Crippen LogP contribution in [0.15, 0.2) is 217 Å². The lowest BCUT2D eigenvalue weighted by Gasteiger charge is -2.26. The van der Waals surface area contributed by atoms with Crippen molar-refractivity contribution in [1.29, 1.82) is 0 Å². The number of fused-ring (bicyclic) bond motifs is 9. The van der Waals surface area contributed by atoms with Crippen LogP contribution in [-0.4, -0.2) is 0 Å². The molecule has 0 aliphatic rings. The van der Waals surface area contributed by atoms with E-state index in [0.29, 0.717) is 0 Å². The molecule has 2 aromatic heterocycles. The van der Waals surface area contributed by atoms with Crippen LogP contribution in [0.4, 0.5) is 17.1 Å². The molecule has 0 saturated carbocycles. The summed E-state index contributed by atoms with van der Waals surface area (Å²) in [4.78, 5) is 2.34. The van der Waals surface area contributed by atoms with E-state index in [9.17, 15) is 0 Å². The average molecular weight is 770 g/mol. The molecule has 12 aromatic rings. The number of benzene rings is 10. The Hall–Kier alpha value is -7.46. The second kappa shape index (κ2) is 13.6. The number of anilines is 3. The van der Waals surface area contributed by atoms with Gasteiger partial charge in [0.25, 0.3) is 0 Å². The minimum atomic E-state index is 0.857. The van der Waals surface area contributed by atoms with Gasteiger partial charge in [-0.3, -0.25) is 0 Å². The zero-order valence-corrected chi connectivity index (χ0v) is 32.8. The molecule has 0 saturated heterocycles. The molecule has 0 bridgehead atoms. The van der Waals surface area contributed by atoms with Crippen LogP contribution < -0.4 is 4.90 Å². The third-order valence-corrected chi connectivity index (χ3v) is 13.0. The van der Waals surface area contributed by atoms with Crippen molar-refractivity contribution in [2.45, 2.75) is 0 Å². The van der Waals surface area contributed by atoms with Gasteiger partial charge in [0.05, 0.1) is 5.69 Å². The first-order valence-corrected chi connectivity index (χ1v) is 20.9. The molecule has 0 aliphatic carbocycles. The van der Waals surface area contributed by atoms with Gasteiger partial charge >= 0.3 is 0 Å². The zero-order valence-electron chi connectivity index (χ0n) is 32.0. The van der Waals surface area contributed by atoms with E-state index in [1.165, 1.54) is 64.0 Å². The van der Waals surface area contributed by atoms with Gasteiger partial charge in [0.15, 0.2) is 5.58 Å². The van der Waals surface area contributed by atoms with Gasteiger partial charge in [0.2, 0.25) is 0 Å². The summed E-state index contributed by atoms with van der Waals surface area (Å²) in [5.41, 5.74) is 11.8. The van der Waals surface area contributed by atoms with Crippen molar-refractivity contribution in [3.63, 3.8) is 0 Å². The van der Waals surface area contributed by atoms with Crippen LogP contribution in [0.2, 0.25) is 0 Å². The molecule has 12 rings (SSSR count). The lowest BCUT2D eigenvalue weighted by Crippen LogP contribution is -2.10. The summed E-state index contributed by atoms with van der Waals surface area (Å²) in [7, 11) is 0. The quantitative estimate of drug-likeness (QED) is 0.157. The Balaban J connectivity index is 0.983. The molecule has 0 amide bonds. The first-order valence-electron chi connectivity index (χ1n) is 20.1. The van der Waals surface area contributed by atoms with Gasteiger partial charge in [-0.15, -0.1) is 11.3 Å². The zero-order chi connectivity index (χ0) is 38.9. The molecule has 0 unspecified atom stereocenters. The van der Waals surface area contributed by atoms with Gasteiger partial charge in [-0.2, -0.15) is 0 Å². The number of furan rings is 1. The van der Waals surface area contributed by atoms with Crippen LogP contribution in [-0.2, 0) is 0 Å². The molecule has 10 aromatic carbocycles. The van der Waals surface area contributed by atoms with Crippen molar-refractivity contribution < 1.29 is 4.42 Å². The van der Waals surface area contributed by atoms with Crippen LogP contribution in [0.3, 0.4) is 0 Å². The van der Waals surface area contributed by atoms with Crippen LogP contribution in [0.5, 0.6) is 0 Å². The average Bonchev–Trinajstić information content (AvgIpc) is 3.88. The summed E-state index contributed by atoms with van der Waals surface area (Å²) >= 11 is 1.86. The summed E-state index contributed by atoms with van der Waals surface area (Å²) in [6, 6.07) is 76.8. The third kappa shape index (κ3) is 5.62. The highest BCUT2D eigenvalue weighted by molar-refractivity contribution is 7.25. The molecule has 3 heteroatoms. The third-order valence-electron chi connectivity index (χ3n) is 11.9. The number of rotatable bonds is 6. The van der Waals surface area contributed by atoms with Crippen molar-refractivity contribution in [2.24, 2.45) is 0 Å². The summed E-state index contributed by atoms with van der Waals surface area (Å²) in [6.45, 7) is 0. The first-order chi connectivity index (χ1) is 29.2. The highest BCUT2D eigenvalue weighted by atomic mass is 32.1. The summed E-state index contributed by atoms with van der Waals surface area (Å²) < 4.78 is 9.60. The van der Waals surface area contributed by atoms with Gasteiger partial charge in [-0.1, -0.05) is 164 Å². The SMILES string of the molecule is c1ccc(-c2cccc3c2oc2c(N(c4ccc(-c5ccc6c(ccc7ccccc76)c5)cc4)c4ccc(-c5ccc6c(c5)sc5ccccc56)cc4)cccc23)cc1. The second-order valence-corrected chi connectivity index (χ2v) is 16.3. The normalized spacial score (nSPS) is 11.7. The minimum absolute atomic E-state index is 0.857. The Bertz CT molecular complexity index is 3540. The first kappa shape index (κ1) is 33.7. The fourth-order valence-electron chi connectivity index (χ4n) is 8.96. The molecule has 0 atom stereocenters. The number of para-hydroxylation sites is 2. The molecular weight excluding hydrogens is 735 g/mol. The minimum Gasteiger partial charge on any atom is -0.453 e. The van der Waals surface area contributed by atoms with Crippen LogP contribution in [0.1, 0.15) is 0 Å². The van der Waals surface area contributed by atoms with Crippen molar-refractivity contribution in [3.8, 4) is 33.4 Å². The van der Waals surface area contributed by atoms with Gasteiger partial charge in [0, 0.05) is 47.9 Å². The van der Waals surface area contributed by atoms with E-state index in [4.69, 9.17) is 4.42 Å². The molecule has 0 N–H and O–H groups in total. The highest BCUT2D eigenvalue weighted by Gasteiger charge is 2.21. The number of nitrogens with zero attached hydrogens (tertiary/aromatic N) is 1. The second-order valence-electron chi connectivity index (χ2n) is 15.3. The fourth-order valence-corrected chi connectivity index (χ4v) is 10.1. The lowest BCUT2D eigenvalue weighted by atomic mass is 9.97. The fraction of sp³-hybridized carbons (Fsp3) is 0. The maximum absolute atomic E-state index is 6.98. The molecule has 0 spiro atoms. The number of thiophene rings is 1. The van der Waals surface area contributed by atoms with Gasteiger partial charge < -0.3 is 9.32 Å². The van der Waals surface area contributed by atoms with Crippen molar-refractivity contribution in [2.75, 3.05) is 4.90 Å². The maximum atomic E-state index is 6.98. The molecule has 59 heavy (non-hydrogen) atoms. The topological polar surface area (TPSA) is 16.4 Å². The Labute approximate surface area is 345 Å². The molecule has 0 fully saturated rings. The van der Waals surface area contributed by atoms with Crippen LogP contribution >= 0.6 is 11.3 Å². The van der Waals surface area contributed by atoms with Crippen LogP contribution in [0, 0.1) is 0 Å². The molecular formula is C56H35NOS. The van der Waals surface area contributed by atoms with E-state index >= 15 is 0 Å². The van der Waals surface area contributed by atoms with Gasteiger partial charge in [-0.25, -0.2) is 0 Å². The van der Waals surface area contributed by atoms with Crippen molar-refractivity contribution >= 4 is 92.1 Å². The predicted molar refractivity (Wildman–Crippen MR) is 253 cm³/mol. The Kier molecular flexibility index (Phi) is 7.75. The van der Waals surface area contributed by atoms with Gasteiger partial charge in [0.1, 0.15) is 5.58 Å². The van der Waals surface area contributed by atoms with Gasteiger partial charge in [-0.05, 0) is 97.9 Å². The maximum Gasteiger partial charge on any atom is 0.159 e. The predicted octanol–water partition coefficient (Wildman–Crippen LogP) is 16.7. The molecule has 276 valence electrons. The summed E-state index contributed by atoms with van der Waals surface area (Å²) in [6.07, 6.45) is 0. The molecule has 0 aliphatic heterocycles. The van der Waals surface area contributed by atoms with Crippen LogP contribution in [0.25, 0.3) is 97.0 Å². The standard InChI is InChI=1S/C56H35NOS/c1-2-10-38(11-3-1)47-15-8-16-50-51-17-9-18-52(56(51)58-55(47)50)57(44-30-24-37(25-31-44)41-27-33-49-48-14-6-7-19-53(48)59-54(49)35-41)43-28-22-36(23-29-43)40-26-32-46-42(34-40)21-20-39-12-4-5-13-45(39)46/h1-35H. The largest absolute Gasteiger partial charge is 0.453 e. The molecule has 2 nitrogen and oxygen atoms in total. The highest BCUT2D eigenvalue weighted by Crippen LogP contribution is 2.45. The van der Waals surface area contributed by atoms with E-state index < -0.39 is 0 Å². The Morgan fingerprint density at radius 3 is 1.66 bits per heavy atom. The Morgan fingerprint density at radius 2 is 0.881 bits per heavy atom. The van der Waals surface area contributed by atoms with Crippen molar-refractivity contribution in [3.05, 3.63) is 212 Å².